The van der Waals surface area contributed by atoms with Crippen LogP contribution in [0.5, 0.6) is 0 Å². The summed E-state index contributed by atoms with van der Waals surface area (Å²) in [5.41, 5.74) is 6.73. The Morgan fingerprint density at radius 1 is 1.34 bits per heavy atom. The molecule has 4 nitrogen and oxygen atoms in total. The molecule has 2 atom stereocenters. The van der Waals surface area contributed by atoms with Gasteiger partial charge in [0.05, 0.1) is 0 Å². The molecule has 1 heterocycles. The number of hydrogen-bond acceptors (Lipinski definition) is 3. The third kappa shape index (κ3) is 4.33. The summed E-state index contributed by atoms with van der Waals surface area (Å²) in [5, 5.41) is 0. The van der Waals surface area contributed by atoms with E-state index in [4.69, 9.17) is 10.5 Å². The lowest BCUT2D eigenvalue weighted by Gasteiger charge is -2.56. The molecular weight excluding hydrogens is 360 g/mol. The average Bonchev–Trinajstić information content (AvgIpc) is 2.87. The Kier molecular flexibility index (Phi) is 6.23. The average molecular weight is 403 g/mol. The molecule has 29 heavy (non-hydrogen) atoms. The minimum atomic E-state index is -0.725. The van der Waals surface area contributed by atoms with Crippen LogP contribution in [0.15, 0.2) is 37.3 Å². The normalized spacial score (nSPS) is 31.4. The highest BCUT2D eigenvalue weighted by molar-refractivity contribution is 5.85. The fourth-order valence-electron chi connectivity index (χ4n) is 5.27. The molecule has 2 fully saturated rings. The lowest BCUT2D eigenvalue weighted by Crippen LogP contribution is -2.70. The first kappa shape index (κ1) is 23.7. The monoisotopic (exact) mass is 402 g/mol. The Labute approximate surface area is 178 Å². The highest BCUT2D eigenvalue weighted by Gasteiger charge is 2.59. The van der Waals surface area contributed by atoms with Gasteiger partial charge in [-0.25, -0.2) is 0 Å². The second-order valence-corrected chi connectivity index (χ2v) is 11.0. The van der Waals surface area contributed by atoms with Gasteiger partial charge in [0.2, 0.25) is 5.91 Å². The highest BCUT2D eigenvalue weighted by atomic mass is 16.5. The number of amides is 1. The maximum Gasteiger partial charge on any atom is 0.232 e. The first-order valence-electron chi connectivity index (χ1n) is 10.9. The maximum absolute atomic E-state index is 13.4. The molecule has 2 aliphatic rings. The topological polar surface area (TPSA) is 55.6 Å². The Balaban J connectivity index is 2.10. The molecule has 0 aromatic heterocycles. The van der Waals surface area contributed by atoms with Crippen LogP contribution in [0.2, 0.25) is 0 Å². The summed E-state index contributed by atoms with van der Waals surface area (Å²) in [6.07, 6.45) is 5.53. The number of ether oxygens (including phenoxy) is 1. The van der Waals surface area contributed by atoms with Crippen molar-refractivity contribution in [2.45, 2.75) is 91.8 Å². The SMILES string of the molecule is C=CC(=C)OC1(C)CC(N)(N2C(=C)CC(C(C)CC(C)(C)C(C)(C)CC)C2=O)C1. The molecule has 0 spiro atoms. The van der Waals surface area contributed by atoms with Gasteiger partial charge in [0.25, 0.3) is 0 Å². The van der Waals surface area contributed by atoms with Crippen molar-refractivity contribution in [1.29, 1.82) is 0 Å². The zero-order valence-corrected chi connectivity index (χ0v) is 19.7. The van der Waals surface area contributed by atoms with Crippen LogP contribution >= 0.6 is 0 Å². The quantitative estimate of drug-likeness (QED) is 0.394. The van der Waals surface area contributed by atoms with E-state index in [1.54, 1.807) is 11.0 Å². The van der Waals surface area contributed by atoms with E-state index < -0.39 is 11.3 Å². The van der Waals surface area contributed by atoms with Gasteiger partial charge in [-0.2, -0.15) is 0 Å². The van der Waals surface area contributed by atoms with E-state index in [0.717, 1.165) is 18.5 Å². The van der Waals surface area contributed by atoms with Crippen LogP contribution in [0, 0.1) is 22.7 Å². The van der Waals surface area contributed by atoms with Crippen molar-refractivity contribution in [2.75, 3.05) is 0 Å². The van der Waals surface area contributed by atoms with Gasteiger partial charge < -0.3 is 10.5 Å². The number of likely N-dealkylation sites (tertiary alicyclic amines) is 1. The molecular formula is C25H42N2O2. The number of hydrogen-bond donors (Lipinski definition) is 1. The van der Waals surface area contributed by atoms with Gasteiger partial charge in [-0.3, -0.25) is 9.69 Å². The van der Waals surface area contributed by atoms with Crippen LogP contribution in [0.4, 0.5) is 0 Å². The third-order valence-corrected chi connectivity index (χ3v) is 7.96. The fraction of sp³-hybridized carbons (Fsp3) is 0.720. The van der Waals surface area contributed by atoms with Gasteiger partial charge in [-0.15, -0.1) is 0 Å². The largest absolute Gasteiger partial charge is 0.488 e. The van der Waals surface area contributed by atoms with E-state index in [1.165, 1.54) is 0 Å². The predicted molar refractivity (Wildman–Crippen MR) is 121 cm³/mol. The Bertz CT molecular complexity index is 698. The second kappa shape index (κ2) is 7.61. The highest BCUT2D eigenvalue weighted by Crippen LogP contribution is 2.52. The van der Waals surface area contributed by atoms with Crippen molar-refractivity contribution in [2.24, 2.45) is 28.4 Å². The van der Waals surface area contributed by atoms with Crippen molar-refractivity contribution in [3.05, 3.63) is 37.3 Å². The molecule has 2 unspecified atom stereocenters. The molecule has 0 bridgehead atoms. The van der Waals surface area contributed by atoms with Crippen LogP contribution in [-0.4, -0.2) is 22.1 Å². The predicted octanol–water partition coefficient (Wildman–Crippen LogP) is 5.76. The summed E-state index contributed by atoms with van der Waals surface area (Å²) in [5.74, 6) is 0.885. The molecule has 4 heteroatoms. The third-order valence-electron chi connectivity index (χ3n) is 7.96. The summed E-state index contributed by atoms with van der Waals surface area (Å²) >= 11 is 0. The van der Waals surface area contributed by atoms with Crippen molar-refractivity contribution >= 4 is 5.91 Å². The van der Waals surface area contributed by atoms with Crippen LogP contribution < -0.4 is 5.73 Å². The van der Waals surface area contributed by atoms with Crippen molar-refractivity contribution in [1.82, 2.24) is 4.90 Å². The number of carbonyl (C=O) groups excluding carboxylic acids is 1. The van der Waals surface area contributed by atoms with E-state index in [0.29, 0.717) is 25.0 Å². The van der Waals surface area contributed by atoms with Gasteiger partial charge in [-0.1, -0.05) is 67.7 Å². The fourth-order valence-corrected chi connectivity index (χ4v) is 5.27. The van der Waals surface area contributed by atoms with E-state index in [-0.39, 0.29) is 28.6 Å². The zero-order valence-electron chi connectivity index (χ0n) is 19.7. The van der Waals surface area contributed by atoms with Crippen LogP contribution in [0.1, 0.15) is 80.6 Å². The first-order valence-corrected chi connectivity index (χ1v) is 10.9. The Morgan fingerprint density at radius 3 is 2.38 bits per heavy atom. The summed E-state index contributed by atoms with van der Waals surface area (Å²) in [6, 6.07) is 0. The number of nitrogens with zero attached hydrogens (tertiary/aromatic N) is 1. The number of rotatable bonds is 9. The van der Waals surface area contributed by atoms with Gasteiger partial charge >= 0.3 is 0 Å². The maximum atomic E-state index is 13.4. The molecule has 1 amide bonds. The Morgan fingerprint density at radius 2 is 1.90 bits per heavy atom. The molecule has 2 N–H and O–H groups in total. The van der Waals surface area contributed by atoms with Crippen molar-refractivity contribution < 1.29 is 9.53 Å². The van der Waals surface area contributed by atoms with Gasteiger partial charge in [0.1, 0.15) is 17.0 Å². The van der Waals surface area contributed by atoms with Crippen LogP contribution in [-0.2, 0) is 9.53 Å². The zero-order chi connectivity index (χ0) is 22.4. The second-order valence-electron chi connectivity index (χ2n) is 11.0. The number of allylic oxidation sites excluding steroid dienone is 2. The van der Waals surface area contributed by atoms with Gasteiger partial charge in [0.15, 0.2) is 0 Å². The lowest BCUT2D eigenvalue weighted by atomic mass is 9.61. The number of nitrogens with two attached hydrogens (primary N) is 1. The molecule has 0 aromatic carbocycles. The molecule has 2 rings (SSSR count). The van der Waals surface area contributed by atoms with E-state index in [2.05, 4.69) is 61.3 Å². The Hall–Kier alpha value is -1.55. The standard InChI is InChI=1S/C25H42N2O2/c1-11-19(5)29-24(10)15-25(26,16-24)27-18(4)13-20(21(27)28)17(3)14-23(8,9)22(6,7)12-2/h11,17,20H,1,4-5,12-16,26H2,2-3,6-10H3. The van der Waals surface area contributed by atoms with E-state index in [1.807, 2.05) is 6.92 Å². The van der Waals surface area contributed by atoms with Gasteiger partial charge in [-0.05, 0) is 42.6 Å². The molecule has 0 radical (unpaired) electrons. The van der Waals surface area contributed by atoms with Crippen LogP contribution in [0.25, 0.3) is 0 Å². The molecule has 1 saturated heterocycles. The summed E-state index contributed by atoms with van der Waals surface area (Å²) < 4.78 is 5.88. The molecule has 1 aliphatic heterocycles. The summed E-state index contributed by atoms with van der Waals surface area (Å²) in [4.78, 5) is 15.2. The molecule has 0 aromatic rings. The first-order chi connectivity index (χ1) is 13.1. The minimum absolute atomic E-state index is 0.0502. The lowest BCUT2D eigenvalue weighted by molar-refractivity contribution is -0.160. The van der Waals surface area contributed by atoms with Crippen molar-refractivity contribution in [3.8, 4) is 0 Å². The number of carbonyl (C=O) groups is 1. The minimum Gasteiger partial charge on any atom is -0.488 e. The molecule has 164 valence electrons. The summed E-state index contributed by atoms with van der Waals surface area (Å²) in [7, 11) is 0. The summed E-state index contributed by atoms with van der Waals surface area (Å²) in [6.45, 7) is 27.5. The smallest absolute Gasteiger partial charge is 0.232 e. The van der Waals surface area contributed by atoms with Gasteiger partial charge in [0, 0.05) is 24.5 Å². The van der Waals surface area contributed by atoms with E-state index in [9.17, 15) is 4.79 Å². The van der Waals surface area contributed by atoms with E-state index >= 15 is 0 Å². The van der Waals surface area contributed by atoms with Crippen LogP contribution in [0.3, 0.4) is 0 Å². The van der Waals surface area contributed by atoms with Crippen molar-refractivity contribution in [3.63, 3.8) is 0 Å². The molecule has 1 aliphatic carbocycles. The molecule has 1 saturated carbocycles.